The van der Waals surface area contributed by atoms with Gasteiger partial charge in [0, 0.05) is 29.1 Å². The number of H-pyrrole nitrogens is 1. The first-order valence-electron chi connectivity index (χ1n) is 10.7. The zero-order valence-corrected chi connectivity index (χ0v) is 20.2. The van der Waals surface area contributed by atoms with Gasteiger partial charge in [-0.25, -0.2) is 18.1 Å². The molecule has 1 aliphatic rings. The van der Waals surface area contributed by atoms with Crippen molar-refractivity contribution in [2.75, 3.05) is 13.1 Å². The smallest absolute Gasteiger partial charge is 0.281 e. The van der Waals surface area contributed by atoms with Gasteiger partial charge in [-0.1, -0.05) is 52.7 Å². The summed E-state index contributed by atoms with van der Waals surface area (Å²) >= 11 is 12.3. The molecule has 0 amide bonds. The first-order chi connectivity index (χ1) is 16.3. The molecule has 0 unspecified atom stereocenters. The van der Waals surface area contributed by atoms with Gasteiger partial charge in [-0.3, -0.25) is 4.79 Å². The molecular formula is C22H20Cl2N6O3S. The zero-order valence-electron chi connectivity index (χ0n) is 17.9. The van der Waals surface area contributed by atoms with Gasteiger partial charge in [0.25, 0.3) is 5.56 Å². The highest BCUT2D eigenvalue weighted by Crippen LogP contribution is 2.29. The molecular weight excluding hydrogens is 499 g/mol. The van der Waals surface area contributed by atoms with Crippen molar-refractivity contribution < 1.29 is 8.42 Å². The summed E-state index contributed by atoms with van der Waals surface area (Å²) in [5.41, 5.74) is 0.871. The normalized spacial score (nSPS) is 15.7. The zero-order chi connectivity index (χ0) is 23.9. The minimum absolute atomic E-state index is 0.0956. The average molecular weight is 519 g/mol. The Balaban J connectivity index is 1.39. The first-order valence-corrected chi connectivity index (χ1v) is 12.8. The number of hydrogen-bond donors (Lipinski definition) is 1. The minimum Gasteiger partial charge on any atom is -0.308 e. The SMILES string of the molecule is O=c1[nH]c(C2CCN(S(=O)(=O)c3ccccc3)CC2)nc2c1nnn2Cc1ccc(Cl)cc1Cl. The topological polar surface area (TPSA) is 114 Å². The molecule has 34 heavy (non-hydrogen) atoms. The lowest BCUT2D eigenvalue weighted by Crippen LogP contribution is -2.38. The molecule has 0 spiro atoms. The maximum absolute atomic E-state index is 12.9. The van der Waals surface area contributed by atoms with Crippen molar-refractivity contribution in [3.63, 3.8) is 0 Å². The predicted octanol–water partition coefficient (Wildman–Crippen LogP) is 3.44. The van der Waals surface area contributed by atoms with Gasteiger partial charge in [0.05, 0.1) is 11.4 Å². The molecule has 5 rings (SSSR count). The fourth-order valence-corrected chi connectivity index (χ4v) is 6.06. The Labute approximate surface area is 205 Å². The molecule has 0 bridgehead atoms. The van der Waals surface area contributed by atoms with Crippen molar-refractivity contribution in [3.8, 4) is 0 Å². The summed E-state index contributed by atoms with van der Waals surface area (Å²) in [6, 6.07) is 13.5. The number of rotatable bonds is 5. The molecule has 1 fully saturated rings. The molecule has 1 aliphatic heterocycles. The van der Waals surface area contributed by atoms with Crippen LogP contribution in [-0.4, -0.2) is 50.8 Å². The van der Waals surface area contributed by atoms with Crippen molar-refractivity contribution in [1.29, 1.82) is 0 Å². The molecule has 4 aromatic rings. The van der Waals surface area contributed by atoms with Crippen molar-refractivity contribution in [2.45, 2.75) is 30.2 Å². The van der Waals surface area contributed by atoms with Gasteiger partial charge in [-0.2, -0.15) is 4.31 Å². The highest BCUT2D eigenvalue weighted by atomic mass is 35.5. The maximum Gasteiger partial charge on any atom is 0.281 e. The second kappa shape index (κ2) is 9.10. The largest absolute Gasteiger partial charge is 0.308 e. The Morgan fingerprint density at radius 3 is 2.50 bits per heavy atom. The number of fused-ring (bicyclic) bond motifs is 1. The second-order valence-corrected chi connectivity index (χ2v) is 10.9. The molecule has 176 valence electrons. The van der Waals surface area contributed by atoms with E-state index in [1.807, 2.05) is 0 Å². The standard InChI is InChI=1S/C22H20Cl2N6O3S/c23-16-7-6-15(18(24)12-16)13-30-21-19(27-28-30)22(31)26-20(25-21)14-8-10-29(11-9-14)34(32,33)17-4-2-1-3-5-17/h1-7,12,14H,8-11,13H2,(H,25,26,31). The van der Waals surface area contributed by atoms with Gasteiger partial charge in [-0.15, -0.1) is 5.10 Å². The van der Waals surface area contributed by atoms with E-state index in [2.05, 4.69) is 20.3 Å². The van der Waals surface area contributed by atoms with Gasteiger partial charge in [0.2, 0.25) is 10.0 Å². The molecule has 1 saturated heterocycles. The Hall–Kier alpha value is -2.79. The lowest BCUT2D eigenvalue weighted by Gasteiger charge is -2.30. The number of benzene rings is 2. The lowest BCUT2D eigenvalue weighted by atomic mass is 9.97. The van der Waals surface area contributed by atoms with Gasteiger partial charge in [0.15, 0.2) is 11.2 Å². The molecule has 1 N–H and O–H groups in total. The molecule has 2 aromatic heterocycles. The number of hydrogen-bond acceptors (Lipinski definition) is 6. The Morgan fingerprint density at radius 1 is 1.06 bits per heavy atom. The molecule has 9 nitrogen and oxygen atoms in total. The van der Waals surface area contributed by atoms with Crippen LogP contribution in [0.3, 0.4) is 0 Å². The van der Waals surface area contributed by atoms with E-state index in [4.69, 9.17) is 23.2 Å². The number of aromatic amines is 1. The Morgan fingerprint density at radius 2 is 1.79 bits per heavy atom. The molecule has 0 saturated carbocycles. The summed E-state index contributed by atoms with van der Waals surface area (Å²) in [5, 5.41) is 9.06. The predicted molar refractivity (Wildman–Crippen MR) is 129 cm³/mol. The lowest BCUT2D eigenvalue weighted by molar-refractivity contribution is 0.313. The third-order valence-electron chi connectivity index (χ3n) is 5.95. The highest BCUT2D eigenvalue weighted by molar-refractivity contribution is 7.89. The van der Waals surface area contributed by atoms with E-state index in [9.17, 15) is 13.2 Å². The van der Waals surface area contributed by atoms with Crippen molar-refractivity contribution in [2.24, 2.45) is 0 Å². The summed E-state index contributed by atoms with van der Waals surface area (Å²) in [4.78, 5) is 20.4. The van der Waals surface area contributed by atoms with Gasteiger partial charge < -0.3 is 4.98 Å². The van der Waals surface area contributed by atoms with Crippen LogP contribution in [0.4, 0.5) is 0 Å². The minimum atomic E-state index is -3.56. The van der Waals surface area contributed by atoms with Gasteiger partial charge >= 0.3 is 0 Å². The summed E-state index contributed by atoms with van der Waals surface area (Å²) in [5.74, 6) is 0.404. The van der Waals surface area contributed by atoms with E-state index in [0.717, 1.165) is 5.56 Å². The van der Waals surface area contributed by atoms with E-state index in [-0.39, 0.29) is 28.4 Å². The van der Waals surface area contributed by atoms with E-state index in [1.54, 1.807) is 48.5 Å². The van der Waals surface area contributed by atoms with Crippen molar-refractivity contribution >= 4 is 44.4 Å². The van der Waals surface area contributed by atoms with Crippen LogP contribution in [0.15, 0.2) is 58.2 Å². The average Bonchev–Trinajstić information content (AvgIpc) is 3.25. The third-order valence-corrected chi connectivity index (χ3v) is 8.45. The Bertz CT molecular complexity index is 1510. The molecule has 3 heterocycles. The highest BCUT2D eigenvalue weighted by Gasteiger charge is 2.31. The number of halogens is 2. The van der Waals surface area contributed by atoms with Crippen LogP contribution in [0.25, 0.3) is 11.2 Å². The second-order valence-electron chi connectivity index (χ2n) is 8.10. The van der Waals surface area contributed by atoms with Crippen LogP contribution >= 0.6 is 23.2 Å². The molecule has 12 heteroatoms. The number of sulfonamides is 1. The molecule has 0 aliphatic carbocycles. The summed E-state index contributed by atoms with van der Waals surface area (Å²) in [7, 11) is -3.56. The molecule has 0 atom stereocenters. The number of nitrogens with one attached hydrogen (secondary N) is 1. The van der Waals surface area contributed by atoms with Crippen LogP contribution in [0, 0.1) is 0 Å². The van der Waals surface area contributed by atoms with Crippen molar-refractivity contribution in [3.05, 3.63) is 80.3 Å². The quantitative estimate of drug-likeness (QED) is 0.432. The number of piperidine rings is 1. The van der Waals surface area contributed by atoms with Crippen LogP contribution in [0.5, 0.6) is 0 Å². The number of nitrogens with zero attached hydrogens (tertiary/aromatic N) is 5. The van der Waals surface area contributed by atoms with Gasteiger partial charge in [-0.05, 0) is 42.7 Å². The molecule has 2 aromatic carbocycles. The fourth-order valence-electron chi connectivity index (χ4n) is 4.11. The summed E-state index contributed by atoms with van der Waals surface area (Å²) in [6.07, 6.45) is 1.07. The van der Waals surface area contributed by atoms with Crippen LogP contribution in [0.1, 0.15) is 30.1 Å². The van der Waals surface area contributed by atoms with E-state index < -0.39 is 10.0 Å². The maximum atomic E-state index is 12.9. The van der Waals surface area contributed by atoms with Crippen LogP contribution in [0.2, 0.25) is 10.0 Å². The van der Waals surface area contributed by atoms with E-state index >= 15 is 0 Å². The summed E-state index contributed by atoms with van der Waals surface area (Å²) in [6.45, 7) is 0.944. The van der Waals surface area contributed by atoms with Crippen LogP contribution < -0.4 is 5.56 Å². The third kappa shape index (κ3) is 4.34. The van der Waals surface area contributed by atoms with Crippen LogP contribution in [-0.2, 0) is 16.6 Å². The van der Waals surface area contributed by atoms with Crippen molar-refractivity contribution in [1.82, 2.24) is 29.3 Å². The monoisotopic (exact) mass is 518 g/mol. The first kappa shape index (κ1) is 23.0. The van der Waals surface area contributed by atoms with E-state index in [1.165, 1.54) is 8.99 Å². The van der Waals surface area contributed by atoms with E-state index in [0.29, 0.717) is 47.4 Å². The Kier molecular flexibility index (Phi) is 6.15. The summed E-state index contributed by atoms with van der Waals surface area (Å²) < 4.78 is 28.8. The number of aromatic nitrogens is 5. The molecule has 0 radical (unpaired) electrons. The fraction of sp³-hybridized carbons (Fsp3) is 0.273. The van der Waals surface area contributed by atoms with Gasteiger partial charge in [0.1, 0.15) is 5.82 Å².